The summed E-state index contributed by atoms with van der Waals surface area (Å²) in [5, 5.41) is 5.46. The number of likely N-dealkylation sites (tertiary alicyclic amines) is 1. The van der Waals surface area contributed by atoms with E-state index in [1.807, 2.05) is 27.7 Å². The first-order chi connectivity index (χ1) is 19.5. The summed E-state index contributed by atoms with van der Waals surface area (Å²) in [5.74, 6) is 1.12. The fourth-order valence-corrected chi connectivity index (χ4v) is 6.65. The van der Waals surface area contributed by atoms with Crippen molar-refractivity contribution >= 4 is 28.6 Å². The first-order valence-corrected chi connectivity index (χ1v) is 14.4. The van der Waals surface area contributed by atoms with Crippen LogP contribution in [0.2, 0.25) is 0 Å². The maximum absolute atomic E-state index is 13.9. The van der Waals surface area contributed by atoms with Crippen LogP contribution in [0.5, 0.6) is 0 Å². The number of aromatic nitrogens is 2. The molecule has 2 aromatic carbocycles. The van der Waals surface area contributed by atoms with Crippen LogP contribution < -0.4 is 0 Å². The van der Waals surface area contributed by atoms with Crippen molar-refractivity contribution in [2.24, 2.45) is 18.0 Å². The Hall–Kier alpha value is -3.56. The highest BCUT2D eigenvalue weighted by Gasteiger charge is 2.50. The van der Waals surface area contributed by atoms with E-state index in [0.717, 1.165) is 52.7 Å². The topological polar surface area (TPSA) is 89.3 Å². The van der Waals surface area contributed by atoms with E-state index in [4.69, 9.17) is 14.5 Å². The van der Waals surface area contributed by atoms with Crippen molar-refractivity contribution in [2.75, 3.05) is 39.5 Å². The van der Waals surface area contributed by atoms with Gasteiger partial charge in [-0.15, -0.1) is 0 Å². The second-order valence-corrected chi connectivity index (χ2v) is 11.6. The van der Waals surface area contributed by atoms with Crippen molar-refractivity contribution in [2.45, 2.75) is 43.7 Å². The summed E-state index contributed by atoms with van der Waals surface area (Å²) in [5.41, 5.74) is 3.51. The van der Waals surface area contributed by atoms with Gasteiger partial charge in [0.05, 0.1) is 11.7 Å². The summed E-state index contributed by atoms with van der Waals surface area (Å²) in [4.78, 5) is 35.8. The number of hydrogen-bond acceptors (Lipinski definition) is 6. The zero-order chi connectivity index (χ0) is 27.3. The third-order valence-corrected chi connectivity index (χ3v) is 9.00. The Morgan fingerprint density at radius 1 is 1.02 bits per heavy atom. The number of hydrogen-bond donors (Lipinski definition) is 0. The van der Waals surface area contributed by atoms with Gasteiger partial charge in [0, 0.05) is 70.3 Å². The number of rotatable bonds is 5. The van der Waals surface area contributed by atoms with Gasteiger partial charge < -0.3 is 14.4 Å². The van der Waals surface area contributed by atoms with Gasteiger partial charge >= 0.3 is 0 Å². The van der Waals surface area contributed by atoms with Gasteiger partial charge in [0.2, 0.25) is 0 Å². The molecular formula is C31H35N5O4. The number of fused-ring (bicyclic) bond motifs is 1. The number of carbonyl (C=O) groups excluding carboxylic acids is 2. The number of carbonyl (C=O) groups is 2. The lowest BCUT2D eigenvalue weighted by Crippen LogP contribution is -2.47. The molecule has 1 aromatic heterocycles. The normalized spacial score (nSPS) is 24.4. The van der Waals surface area contributed by atoms with Gasteiger partial charge in [0.25, 0.3) is 11.8 Å². The monoisotopic (exact) mass is 541 g/mol. The summed E-state index contributed by atoms with van der Waals surface area (Å²) < 4.78 is 13.1. The zero-order valence-electron chi connectivity index (χ0n) is 22.9. The van der Waals surface area contributed by atoms with Crippen molar-refractivity contribution in [3.8, 4) is 11.1 Å². The van der Waals surface area contributed by atoms with Crippen LogP contribution >= 0.6 is 0 Å². The van der Waals surface area contributed by atoms with E-state index in [1.54, 1.807) is 0 Å². The molecule has 7 rings (SSSR count). The summed E-state index contributed by atoms with van der Waals surface area (Å²) in [6.07, 6.45) is 5.41. The Balaban J connectivity index is 1.13. The van der Waals surface area contributed by atoms with Crippen LogP contribution in [-0.2, 0) is 26.1 Å². The molecule has 0 radical (unpaired) electrons. The lowest BCUT2D eigenvalue weighted by Gasteiger charge is -2.30. The highest BCUT2D eigenvalue weighted by molar-refractivity contribution is 6.15. The summed E-state index contributed by atoms with van der Waals surface area (Å²) in [7, 11) is 1.95. The van der Waals surface area contributed by atoms with Crippen molar-refractivity contribution in [3.63, 3.8) is 0 Å². The van der Waals surface area contributed by atoms with Crippen LogP contribution in [0.15, 0.2) is 53.7 Å². The Labute approximate surface area is 233 Å². The fourth-order valence-electron chi connectivity index (χ4n) is 6.65. The molecule has 0 unspecified atom stereocenters. The predicted molar refractivity (Wildman–Crippen MR) is 151 cm³/mol. The smallest absolute Gasteiger partial charge is 0.256 e. The molecule has 0 N–H and O–H groups in total. The minimum Gasteiger partial charge on any atom is -0.381 e. The number of aliphatic imine (C=N–C) groups is 1. The number of ether oxygens (including phenoxy) is 2. The zero-order valence-corrected chi connectivity index (χ0v) is 22.9. The van der Waals surface area contributed by atoms with E-state index >= 15 is 0 Å². The first-order valence-electron chi connectivity index (χ1n) is 14.4. The van der Waals surface area contributed by atoms with Gasteiger partial charge in [0.1, 0.15) is 17.5 Å². The van der Waals surface area contributed by atoms with Crippen LogP contribution in [0, 0.1) is 5.92 Å². The molecule has 0 bridgehead atoms. The molecule has 3 saturated heterocycles. The quantitative estimate of drug-likeness (QED) is 0.494. The number of nitrogens with zero attached hydrogens (tertiary/aromatic N) is 5. The van der Waals surface area contributed by atoms with Crippen LogP contribution in [0.3, 0.4) is 0 Å². The number of aryl methyl sites for hydroxylation is 1. The molecule has 4 aliphatic rings. The molecule has 1 spiro atoms. The van der Waals surface area contributed by atoms with Crippen molar-refractivity contribution < 1.29 is 19.1 Å². The molecule has 40 heavy (non-hydrogen) atoms. The van der Waals surface area contributed by atoms with E-state index in [2.05, 4.69) is 47.6 Å². The molecule has 4 aliphatic heterocycles. The molecule has 0 aliphatic carbocycles. The number of amides is 2. The maximum Gasteiger partial charge on any atom is 0.256 e. The minimum absolute atomic E-state index is 0.0702. The Bertz CT molecular complexity index is 1470. The third-order valence-electron chi connectivity index (χ3n) is 9.00. The Morgan fingerprint density at radius 2 is 1.80 bits per heavy atom. The van der Waals surface area contributed by atoms with Gasteiger partial charge in [-0.25, -0.2) is 0 Å². The second kappa shape index (κ2) is 10.1. The van der Waals surface area contributed by atoms with Crippen molar-refractivity contribution in [1.29, 1.82) is 0 Å². The van der Waals surface area contributed by atoms with Gasteiger partial charge in [-0.05, 0) is 48.4 Å². The van der Waals surface area contributed by atoms with E-state index in [9.17, 15) is 9.59 Å². The lowest BCUT2D eigenvalue weighted by atomic mass is 9.90. The minimum atomic E-state index is -0.747. The highest BCUT2D eigenvalue weighted by Crippen LogP contribution is 2.36. The number of benzene rings is 2. The van der Waals surface area contributed by atoms with Gasteiger partial charge in [-0.2, -0.15) is 5.10 Å². The maximum atomic E-state index is 13.9. The van der Waals surface area contributed by atoms with Gasteiger partial charge in [-0.3, -0.25) is 24.2 Å². The standard InChI is InChI=1S/C31H35N5O4/c1-34-26-9-8-24(17-25(26)18-32-34)22-4-6-23(7-5-22)28-33-31(11-15-39-16-12-31)30(38)36(28)20-21-10-13-35(19-21)29(37)27-3-2-14-40-27/h4-9,17-18,21,27H,2-3,10-16,19-20H2,1H3/t21-,27-/m1/s1. The molecule has 2 amide bonds. The lowest BCUT2D eigenvalue weighted by molar-refractivity contribution is -0.139. The average Bonchev–Trinajstić information content (AvgIpc) is 3.80. The molecule has 2 atom stereocenters. The molecule has 208 valence electrons. The summed E-state index contributed by atoms with van der Waals surface area (Å²) in [6, 6.07) is 14.7. The average molecular weight is 542 g/mol. The Morgan fingerprint density at radius 3 is 2.58 bits per heavy atom. The molecular weight excluding hydrogens is 506 g/mol. The van der Waals surface area contributed by atoms with E-state index in [1.165, 1.54) is 0 Å². The highest BCUT2D eigenvalue weighted by atomic mass is 16.5. The summed E-state index contributed by atoms with van der Waals surface area (Å²) >= 11 is 0. The van der Waals surface area contributed by atoms with Gasteiger partial charge in [0.15, 0.2) is 0 Å². The fraction of sp³-hybridized carbons (Fsp3) is 0.484. The largest absolute Gasteiger partial charge is 0.381 e. The van der Waals surface area contributed by atoms with Crippen molar-refractivity contribution in [3.05, 3.63) is 54.2 Å². The third kappa shape index (κ3) is 4.41. The van der Waals surface area contributed by atoms with E-state index in [-0.39, 0.29) is 23.8 Å². The first kappa shape index (κ1) is 25.4. The SMILES string of the molecule is Cn1ncc2cc(-c3ccc(C4=NC5(CCOCC5)C(=O)N4C[C@@H]4CCN(C(=O)[C@H]5CCCO5)C4)cc3)ccc21. The second-order valence-electron chi connectivity index (χ2n) is 11.6. The van der Waals surface area contributed by atoms with Crippen LogP contribution in [-0.4, -0.2) is 88.3 Å². The molecule has 9 nitrogen and oxygen atoms in total. The Kier molecular flexibility index (Phi) is 6.43. The van der Waals surface area contributed by atoms with E-state index in [0.29, 0.717) is 52.3 Å². The molecule has 5 heterocycles. The van der Waals surface area contributed by atoms with Gasteiger partial charge in [-0.1, -0.05) is 30.3 Å². The molecule has 9 heteroatoms. The van der Waals surface area contributed by atoms with Crippen molar-refractivity contribution in [1.82, 2.24) is 19.6 Å². The summed E-state index contributed by atoms with van der Waals surface area (Å²) in [6.45, 7) is 3.68. The predicted octanol–water partition coefficient (Wildman–Crippen LogP) is 3.41. The molecule has 0 saturated carbocycles. The molecule has 3 fully saturated rings. The van der Waals surface area contributed by atoms with Crippen LogP contribution in [0.25, 0.3) is 22.0 Å². The number of amidine groups is 1. The van der Waals surface area contributed by atoms with E-state index < -0.39 is 5.54 Å². The molecule has 3 aromatic rings. The van der Waals surface area contributed by atoms with Crippen LogP contribution in [0.4, 0.5) is 0 Å². The van der Waals surface area contributed by atoms with Crippen LogP contribution in [0.1, 0.15) is 37.7 Å².